The third-order valence-corrected chi connectivity index (χ3v) is 6.33. The smallest absolute Gasteiger partial charge is 0.318 e. The molecular formula is C26H34N4O4. The van der Waals surface area contributed by atoms with Crippen LogP contribution in [0, 0.1) is 0 Å². The average Bonchev–Trinajstić information content (AvgIpc) is 2.85. The minimum Gasteiger partial charge on any atom is -0.462 e. The number of hydrogen-bond donors (Lipinski definition) is 2. The highest BCUT2D eigenvalue weighted by molar-refractivity contribution is 5.87. The van der Waals surface area contributed by atoms with E-state index in [1.807, 2.05) is 68.6 Å². The number of carbonyl (C=O) groups excluding carboxylic acids is 2. The zero-order valence-corrected chi connectivity index (χ0v) is 19.9. The van der Waals surface area contributed by atoms with E-state index >= 15 is 0 Å². The lowest BCUT2D eigenvalue weighted by Crippen LogP contribution is -2.59. The van der Waals surface area contributed by atoms with Crippen molar-refractivity contribution in [1.82, 2.24) is 20.4 Å². The number of piperazine rings is 1. The number of para-hydroxylation sites is 1. The summed E-state index contributed by atoms with van der Waals surface area (Å²) in [5, 5.41) is 6.08. The monoisotopic (exact) mass is 466 g/mol. The summed E-state index contributed by atoms with van der Waals surface area (Å²) in [7, 11) is 2.04. The minimum absolute atomic E-state index is 0.212. The number of rotatable bonds is 7. The molecule has 1 fully saturated rings. The van der Waals surface area contributed by atoms with Gasteiger partial charge in [0.1, 0.15) is 11.8 Å². The topological polar surface area (TPSA) is 83.1 Å². The van der Waals surface area contributed by atoms with E-state index in [-0.39, 0.29) is 18.0 Å². The second-order valence-corrected chi connectivity index (χ2v) is 8.85. The number of fused-ring (bicyclic) bond motifs is 1. The first kappa shape index (κ1) is 24.0. The third-order valence-electron chi connectivity index (χ3n) is 6.33. The Kier molecular flexibility index (Phi) is 8.03. The summed E-state index contributed by atoms with van der Waals surface area (Å²) in [6.07, 6.45) is 0.404. The molecular weight excluding hydrogens is 432 g/mol. The predicted molar refractivity (Wildman–Crippen MR) is 130 cm³/mol. The molecule has 2 aliphatic heterocycles. The highest BCUT2D eigenvalue weighted by Gasteiger charge is 2.34. The standard InChI is InChI=1S/C26H34N4O4/c1-3-33-25-22(18-20-11-7-8-12-23(20)34-25)27-24(31)21(17-19-9-5-4-6-10-19)28-26(32)30-15-13-29(2)14-16-30/h4-12,21-22,25H,3,13-18H2,1-2H3,(H,27,31)(H,28,32)/t21-,22-,25?/m0/s1. The summed E-state index contributed by atoms with van der Waals surface area (Å²) >= 11 is 0. The van der Waals surface area contributed by atoms with Crippen molar-refractivity contribution < 1.29 is 19.1 Å². The van der Waals surface area contributed by atoms with Gasteiger partial charge in [0.05, 0.1) is 6.04 Å². The Morgan fingerprint density at radius 2 is 1.76 bits per heavy atom. The molecule has 0 spiro atoms. The normalized spacial score (nSPS) is 21.2. The van der Waals surface area contributed by atoms with Gasteiger partial charge in [-0.1, -0.05) is 48.5 Å². The number of amides is 3. The van der Waals surface area contributed by atoms with Gasteiger partial charge in [0.15, 0.2) is 0 Å². The fraction of sp³-hybridized carbons (Fsp3) is 0.462. The van der Waals surface area contributed by atoms with Gasteiger partial charge in [-0.05, 0) is 31.2 Å². The van der Waals surface area contributed by atoms with E-state index in [1.54, 1.807) is 4.90 Å². The molecule has 0 saturated carbocycles. The van der Waals surface area contributed by atoms with E-state index in [0.29, 0.717) is 32.5 Å². The quantitative estimate of drug-likeness (QED) is 0.653. The van der Waals surface area contributed by atoms with Crippen molar-refractivity contribution >= 4 is 11.9 Å². The van der Waals surface area contributed by atoms with Gasteiger partial charge in [0.2, 0.25) is 12.2 Å². The molecule has 3 amide bonds. The first-order valence-corrected chi connectivity index (χ1v) is 12.0. The molecule has 2 aliphatic rings. The molecule has 2 N–H and O–H groups in total. The largest absolute Gasteiger partial charge is 0.462 e. The number of nitrogens with one attached hydrogen (secondary N) is 2. The van der Waals surface area contributed by atoms with Crippen LogP contribution in [0.4, 0.5) is 4.79 Å². The molecule has 1 unspecified atom stereocenters. The van der Waals surface area contributed by atoms with E-state index in [1.165, 1.54) is 0 Å². The lowest BCUT2D eigenvalue weighted by atomic mass is 10.00. The van der Waals surface area contributed by atoms with E-state index in [4.69, 9.17) is 9.47 Å². The Hall–Kier alpha value is -3.10. The third kappa shape index (κ3) is 6.07. The van der Waals surface area contributed by atoms with Crippen LogP contribution in [0.5, 0.6) is 5.75 Å². The molecule has 4 rings (SSSR count). The number of nitrogens with zero attached hydrogens (tertiary/aromatic N) is 2. The SMILES string of the molecule is CCOC1Oc2ccccc2C[C@@H]1NC(=O)[C@H](Cc1ccccc1)NC(=O)N1CCN(C)CC1. The first-order valence-electron chi connectivity index (χ1n) is 12.0. The first-order chi connectivity index (χ1) is 16.5. The average molecular weight is 467 g/mol. The fourth-order valence-corrected chi connectivity index (χ4v) is 4.35. The van der Waals surface area contributed by atoms with Crippen LogP contribution < -0.4 is 15.4 Å². The van der Waals surface area contributed by atoms with Crippen molar-refractivity contribution in [1.29, 1.82) is 0 Å². The van der Waals surface area contributed by atoms with E-state index < -0.39 is 12.3 Å². The number of ether oxygens (including phenoxy) is 2. The highest BCUT2D eigenvalue weighted by atomic mass is 16.7. The predicted octanol–water partition coefficient (Wildman–Crippen LogP) is 2.04. The van der Waals surface area contributed by atoms with Crippen LogP contribution in [-0.2, 0) is 22.4 Å². The molecule has 0 radical (unpaired) electrons. The Morgan fingerprint density at radius 1 is 1.06 bits per heavy atom. The van der Waals surface area contributed by atoms with Gasteiger partial charge in [0, 0.05) is 45.6 Å². The maximum absolute atomic E-state index is 13.5. The molecule has 0 aliphatic carbocycles. The summed E-state index contributed by atoms with van der Waals surface area (Å²) in [5.74, 6) is 0.527. The number of hydrogen-bond acceptors (Lipinski definition) is 5. The van der Waals surface area contributed by atoms with Crippen molar-refractivity contribution in [3.63, 3.8) is 0 Å². The molecule has 2 aromatic rings. The van der Waals surface area contributed by atoms with Crippen LogP contribution in [0.15, 0.2) is 54.6 Å². The Morgan fingerprint density at radius 3 is 2.50 bits per heavy atom. The maximum atomic E-state index is 13.5. The molecule has 34 heavy (non-hydrogen) atoms. The van der Waals surface area contributed by atoms with Crippen LogP contribution in [0.2, 0.25) is 0 Å². The minimum atomic E-state index is -0.714. The molecule has 2 heterocycles. The number of benzene rings is 2. The Balaban J connectivity index is 1.48. The maximum Gasteiger partial charge on any atom is 0.318 e. The summed E-state index contributed by atoms with van der Waals surface area (Å²) in [5.41, 5.74) is 2.00. The van der Waals surface area contributed by atoms with Crippen LogP contribution in [0.3, 0.4) is 0 Å². The fourth-order valence-electron chi connectivity index (χ4n) is 4.35. The summed E-state index contributed by atoms with van der Waals surface area (Å²) in [6, 6.07) is 16.2. The summed E-state index contributed by atoms with van der Waals surface area (Å²) in [6.45, 7) is 5.28. The second-order valence-electron chi connectivity index (χ2n) is 8.85. The van der Waals surface area contributed by atoms with E-state index in [2.05, 4.69) is 15.5 Å². The van der Waals surface area contributed by atoms with Gasteiger partial charge in [0.25, 0.3) is 0 Å². The summed E-state index contributed by atoms with van der Waals surface area (Å²) in [4.78, 5) is 30.4. The van der Waals surface area contributed by atoms with Crippen LogP contribution in [-0.4, -0.2) is 79.9 Å². The van der Waals surface area contributed by atoms with Crippen LogP contribution >= 0.6 is 0 Å². The van der Waals surface area contributed by atoms with Gasteiger partial charge in [-0.3, -0.25) is 4.79 Å². The molecule has 8 nitrogen and oxygen atoms in total. The zero-order valence-electron chi connectivity index (χ0n) is 19.9. The Labute approximate surface area is 201 Å². The molecule has 0 bridgehead atoms. The van der Waals surface area contributed by atoms with Gasteiger partial charge in [-0.2, -0.15) is 0 Å². The lowest BCUT2D eigenvalue weighted by molar-refractivity contribution is -0.133. The molecule has 0 aromatic heterocycles. The Bertz CT molecular complexity index is 962. The number of carbonyl (C=O) groups is 2. The van der Waals surface area contributed by atoms with Crippen molar-refractivity contribution in [2.45, 2.75) is 38.1 Å². The molecule has 3 atom stereocenters. The second kappa shape index (κ2) is 11.4. The molecule has 1 saturated heterocycles. The van der Waals surface area contributed by atoms with Gasteiger partial charge in [-0.25, -0.2) is 4.79 Å². The zero-order chi connectivity index (χ0) is 23.9. The molecule has 2 aromatic carbocycles. The van der Waals surface area contributed by atoms with E-state index in [9.17, 15) is 9.59 Å². The number of urea groups is 1. The van der Waals surface area contributed by atoms with Gasteiger partial charge >= 0.3 is 6.03 Å². The van der Waals surface area contributed by atoms with Gasteiger partial charge < -0.3 is 29.9 Å². The molecule has 182 valence electrons. The van der Waals surface area contributed by atoms with E-state index in [0.717, 1.165) is 30.0 Å². The molecule has 8 heteroatoms. The van der Waals surface area contributed by atoms with Gasteiger partial charge in [-0.15, -0.1) is 0 Å². The van der Waals surface area contributed by atoms with Crippen LogP contribution in [0.25, 0.3) is 0 Å². The lowest BCUT2D eigenvalue weighted by Gasteiger charge is -2.35. The van der Waals surface area contributed by atoms with Crippen molar-refractivity contribution in [2.75, 3.05) is 39.8 Å². The van der Waals surface area contributed by atoms with Crippen LogP contribution in [0.1, 0.15) is 18.1 Å². The van der Waals surface area contributed by atoms with Crippen molar-refractivity contribution in [3.8, 4) is 5.75 Å². The van der Waals surface area contributed by atoms with Crippen molar-refractivity contribution in [3.05, 3.63) is 65.7 Å². The van der Waals surface area contributed by atoms with Crippen molar-refractivity contribution in [2.24, 2.45) is 0 Å². The highest BCUT2D eigenvalue weighted by Crippen LogP contribution is 2.28. The number of likely N-dealkylation sites (N-methyl/N-ethyl adjacent to an activating group) is 1. The summed E-state index contributed by atoms with van der Waals surface area (Å²) < 4.78 is 11.8.